The third-order valence-corrected chi connectivity index (χ3v) is 5.91. The smallest absolute Gasteiger partial charge is 0.342 e. The zero-order valence-electron chi connectivity index (χ0n) is 17.9. The Morgan fingerprint density at radius 1 is 1.30 bits per heavy atom. The number of carbonyl (C=O) groups is 2. The molecule has 2 aliphatic rings. The number of hydrogen-bond acceptors (Lipinski definition) is 7. The molecule has 1 fully saturated rings. The van der Waals surface area contributed by atoms with Crippen molar-refractivity contribution >= 4 is 35.0 Å². The van der Waals surface area contributed by atoms with Gasteiger partial charge in [0, 0.05) is 13.1 Å². The molecular formula is C21H22F3N5O4. The van der Waals surface area contributed by atoms with Crippen LogP contribution in [0.25, 0.3) is 0 Å². The van der Waals surface area contributed by atoms with Crippen molar-refractivity contribution in [2.45, 2.75) is 37.6 Å². The van der Waals surface area contributed by atoms with Gasteiger partial charge < -0.3 is 25.0 Å². The molecule has 1 saturated carbocycles. The summed E-state index contributed by atoms with van der Waals surface area (Å²) in [5, 5.41) is 11.9. The molecule has 1 amide bonds. The zero-order chi connectivity index (χ0) is 23.9. The summed E-state index contributed by atoms with van der Waals surface area (Å²) in [6.45, 7) is -0.810. The molecule has 12 heteroatoms. The lowest BCUT2D eigenvalue weighted by Crippen LogP contribution is -2.48. The van der Waals surface area contributed by atoms with E-state index < -0.39 is 35.7 Å². The SMILES string of the molecule is COc1c(Nc2ncc3c(n2)N(C2CCCC2)CC(F)(F)C(=O)N3C)ccc(C(=O)O)c1F. The van der Waals surface area contributed by atoms with E-state index in [9.17, 15) is 22.8 Å². The maximum absolute atomic E-state index is 14.7. The number of rotatable bonds is 5. The van der Waals surface area contributed by atoms with E-state index in [0.717, 1.165) is 23.8 Å². The molecule has 1 aliphatic carbocycles. The van der Waals surface area contributed by atoms with E-state index in [4.69, 9.17) is 9.84 Å². The van der Waals surface area contributed by atoms with Crippen LogP contribution < -0.4 is 19.9 Å². The molecule has 4 rings (SSSR count). The molecule has 2 N–H and O–H groups in total. The molecule has 2 heterocycles. The van der Waals surface area contributed by atoms with Gasteiger partial charge in [-0.05, 0) is 25.0 Å². The summed E-state index contributed by atoms with van der Waals surface area (Å²) in [6, 6.07) is 2.14. The molecule has 0 bridgehead atoms. The van der Waals surface area contributed by atoms with Crippen LogP contribution in [0.3, 0.4) is 0 Å². The fourth-order valence-corrected chi connectivity index (χ4v) is 4.24. The number of halogens is 3. The van der Waals surface area contributed by atoms with Crippen molar-refractivity contribution in [3.8, 4) is 5.75 Å². The first-order chi connectivity index (χ1) is 15.6. The number of ether oxygens (including phenoxy) is 1. The second kappa shape index (κ2) is 8.41. The van der Waals surface area contributed by atoms with Crippen LogP contribution in [0.5, 0.6) is 5.75 Å². The third kappa shape index (κ3) is 4.00. The summed E-state index contributed by atoms with van der Waals surface area (Å²) < 4.78 is 48.9. The predicted octanol–water partition coefficient (Wildman–Crippen LogP) is 3.43. The summed E-state index contributed by atoms with van der Waals surface area (Å²) in [6.07, 6.45) is 4.40. The van der Waals surface area contributed by atoms with Crippen LogP contribution in [-0.4, -0.2) is 59.6 Å². The highest BCUT2D eigenvalue weighted by molar-refractivity contribution is 6.02. The van der Waals surface area contributed by atoms with Gasteiger partial charge in [-0.2, -0.15) is 13.8 Å². The first-order valence-electron chi connectivity index (χ1n) is 10.3. The molecule has 33 heavy (non-hydrogen) atoms. The number of nitrogens with one attached hydrogen (secondary N) is 1. The molecule has 0 unspecified atom stereocenters. The molecule has 0 radical (unpaired) electrons. The lowest BCUT2D eigenvalue weighted by molar-refractivity contribution is -0.140. The summed E-state index contributed by atoms with van der Waals surface area (Å²) in [4.78, 5) is 34.3. The molecule has 9 nitrogen and oxygen atoms in total. The molecule has 1 aromatic carbocycles. The number of aromatic nitrogens is 2. The van der Waals surface area contributed by atoms with Gasteiger partial charge in [-0.1, -0.05) is 12.8 Å². The Kier molecular flexibility index (Phi) is 5.76. The van der Waals surface area contributed by atoms with Gasteiger partial charge in [-0.25, -0.2) is 14.2 Å². The molecular weight excluding hydrogens is 443 g/mol. The maximum Gasteiger partial charge on any atom is 0.342 e. The van der Waals surface area contributed by atoms with Crippen molar-refractivity contribution in [2.24, 2.45) is 0 Å². The number of methoxy groups -OCH3 is 1. The fraction of sp³-hybridized carbons (Fsp3) is 0.429. The van der Waals surface area contributed by atoms with Crippen molar-refractivity contribution < 1.29 is 32.6 Å². The number of amides is 1. The van der Waals surface area contributed by atoms with Gasteiger partial charge in [0.15, 0.2) is 17.4 Å². The number of carboxylic acids is 1. The molecule has 1 aromatic heterocycles. The molecule has 2 aromatic rings. The summed E-state index contributed by atoms with van der Waals surface area (Å²) in [5.74, 6) is -7.74. The quantitative estimate of drug-likeness (QED) is 0.692. The van der Waals surface area contributed by atoms with Gasteiger partial charge in [-0.15, -0.1) is 0 Å². The highest BCUT2D eigenvalue weighted by Gasteiger charge is 2.48. The van der Waals surface area contributed by atoms with Crippen LogP contribution in [0.1, 0.15) is 36.0 Å². The minimum atomic E-state index is -3.61. The van der Waals surface area contributed by atoms with Crippen molar-refractivity contribution in [3.05, 3.63) is 29.7 Å². The Labute approximate surface area is 187 Å². The van der Waals surface area contributed by atoms with E-state index >= 15 is 0 Å². The second-order valence-electron chi connectivity index (χ2n) is 7.98. The summed E-state index contributed by atoms with van der Waals surface area (Å²) >= 11 is 0. The number of carboxylic acid groups (broad SMARTS) is 1. The summed E-state index contributed by atoms with van der Waals surface area (Å²) in [5.41, 5.74) is -0.389. The number of nitrogens with zero attached hydrogens (tertiary/aromatic N) is 4. The lowest BCUT2D eigenvalue weighted by Gasteiger charge is -2.31. The molecule has 1 aliphatic heterocycles. The van der Waals surface area contributed by atoms with Gasteiger partial charge in [0.25, 0.3) is 5.91 Å². The molecule has 176 valence electrons. The Balaban J connectivity index is 1.76. The van der Waals surface area contributed by atoms with Crippen molar-refractivity contribution in [2.75, 3.05) is 35.8 Å². The number of anilines is 4. The van der Waals surface area contributed by atoms with Crippen LogP contribution >= 0.6 is 0 Å². The Morgan fingerprint density at radius 3 is 2.64 bits per heavy atom. The molecule has 0 saturated heterocycles. The average molecular weight is 465 g/mol. The largest absolute Gasteiger partial charge is 0.492 e. The first kappa shape index (κ1) is 22.6. The van der Waals surface area contributed by atoms with E-state index in [1.807, 2.05) is 0 Å². The van der Waals surface area contributed by atoms with Crippen LogP contribution in [0.4, 0.5) is 36.3 Å². The molecule has 0 atom stereocenters. The number of hydrogen-bond donors (Lipinski definition) is 2. The highest BCUT2D eigenvalue weighted by atomic mass is 19.3. The Bertz CT molecular complexity index is 1110. The van der Waals surface area contributed by atoms with E-state index in [1.54, 1.807) is 0 Å². The Morgan fingerprint density at radius 2 is 2.00 bits per heavy atom. The first-order valence-corrected chi connectivity index (χ1v) is 10.3. The van der Waals surface area contributed by atoms with Crippen molar-refractivity contribution in [3.63, 3.8) is 0 Å². The fourth-order valence-electron chi connectivity index (χ4n) is 4.24. The summed E-state index contributed by atoms with van der Waals surface area (Å²) in [7, 11) is 2.42. The van der Waals surface area contributed by atoms with Crippen molar-refractivity contribution in [1.82, 2.24) is 9.97 Å². The normalized spacial score (nSPS) is 18.2. The van der Waals surface area contributed by atoms with Crippen LogP contribution in [0.15, 0.2) is 18.3 Å². The van der Waals surface area contributed by atoms with Gasteiger partial charge in [0.05, 0.1) is 31.1 Å². The third-order valence-electron chi connectivity index (χ3n) is 5.91. The number of benzene rings is 1. The van der Waals surface area contributed by atoms with Crippen LogP contribution in [0, 0.1) is 5.82 Å². The van der Waals surface area contributed by atoms with E-state index in [-0.39, 0.29) is 34.9 Å². The minimum absolute atomic E-state index is 0.0516. The topological polar surface area (TPSA) is 108 Å². The standard InChI is InChI=1S/C21H22F3N5O4/c1-28-14-9-25-20(26-13-8-7-12(18(30)31)15(22)16(13)33-2)27-17(14)29(11-5-3-4-6-11)10-21(23,24)19(28)32/h7-9,11H,3-6,10H2,1-2H3,(H,30,31)(H,25,26,27). The number of fused-ring (bicyclic) bond motifs is 1. The number of alkyl halides is 2. The monoisotopic (exact) mass is 465 g/mol. The van der Waals surface area contributed by atoms with E-state index in [1.165, 1.54) is 31.3 Å². The predicted molar refractivity (Wildman–Crippen MR) is 113 cm³/mol. The maximum atomic E-state index is 14.7. The van der Waals surface area contributed by atoms with Crippen LogP contribution in [-0.2, 0) is 4.79 Å². The van der Waals surface area contributed by atoms with Gasteiger partial charge in [0.1, 0.15) is 5.69 Å². The lowest BCUT2D eigenvalue weighted by atomic mass is 10.1. The number of aromatic carboxylic acids is 1. The highest BCUT2D eigenvalue weighted by Crippen LogP contribution is 2.40. The van der Waals surface area contributed by atoms with Gasteiger partial charge in [-0.3, -0.25) is 4.79 Å². The zero-order valence-corrected chi connectivity index (χ0v) is 17.9. The molecule has 0 spiro atoms. The Hall–Kier alpha value is -3.57. The van der Waals surface area contributed by atoms with Gasteiger partial charge in [0.2, 0.25) is 5.95 Å². The average Bonchev–Trinajstić information content (AvgIpc) is 3.29. The minimum Gasteiger partial charge on any atom is -0.492 e. The van der Waals surface area contributed by atoms with Gasteiger partial charge >= 0.3 is 11.9 Å². The number of carbonyl (C=O) groups excluding carboxylic acids is 1. The second-order valence-corrected chi connectivity index (χ2v) is 7.98. The van der Waals surface area contributed by atoms with Crippen molar-refractivity contribution in [1.29, 1.82) is 0 Å². The van der Waals surface area contributed by atoms with Crippen LogP contribution in [0.2, 0.25) is 0 Å². The van der Waals surface area contributed by atoms with E-state index in [0.29, 0.717) is 12.8 Å². The van der Waals surface area contributed by atoms with E-state index in [2.05, 4.69) is 15.3 Å².